The number of rotatable bonds is 2. The summed E-state index contributed by atoms with van der Waals surface area (Å²) in [5, 5.41) is 9.76. The molecule has 19 heavy (non-hydrogen) atoms. The summed E-state index contributed by atoms with van der Waals surface area (Å²) >= 11 is 0. The van der Waals surface area contributed by atoms with Crippen molar-refractivity contribution in [2.75, 3.05) is 13.1 Å². The lowest BCUT2D eigenvalue weighted by Crippen LogP contribution is -2.46. The Kier molecular flexibility index (Phi) is 4.14. The van der Waals surface area contributed by atoms with Crippen molar-refractivity contribution in [3.05, 3.63) is 35.4 Å². The van der Waals surface area contributed by atoms with E-state index in [0.717, 1.165) is 18.6 Å². The summed E-state index contributed by atoms with van der Waals surface area (Å²) in [6, 6.07) is 3.38. The molecule has 0 radical (unpaired) electrons. The molecule has 1 fully saturated rings. The van der Waals surface area contributed by atoms with E-state index in [1.165, 1.54) is 11.0 Å². The van der Waals surface area contributed by atoms with Gasteiger partial charge in [-0.2, -0.15) is 0 Å². The predicted molar refractivity (Wildman–Crippen MR) is 66.7 cm³/mol. The van der Waals surface area contributed by atoms with Gasteiger partial charge in [0.05, 0.1) is 6.10 Å². The Morgan fingerprint density at radius 2 is 2.05 bits per heavy atom. The van der Waals surface area contributed by atoms with Crippen LogP contribution < -0.4 is 0 Å². The van der Waals surface area contributed by atoms with Gasteiger partial charge < -0.3 is 10.0 Å². The Morgan fingerprint density at radius 3 is 2.63 bits per heavy atom. The van der Waals surface area contributed by atoms with Gasteiger partial charge in [-0.25, -0.2) is 8.78 Å². The van der Waals surface area contributed by atoms with Crippen LogP contribution in [0.5, 0.6) is 0 Å². The van der Waals surface area contributed by atoms with Crippen LogP contribution in [-0.2, 0) is 0 Å². The molecule has 2 atom stereocenters. The van der Waals surface area contributed by atoms with Crippen molar-refractivity contribution in [3.63, 3.8) is 0 Å². The van der Waals surface area contributed by atoms with Crippen molar-refractivity contribution in [1.29, 1.82) is 0 Å². The zero-order valence-corrected chi connectivity index (χ0v) is 10.8. The second-order valence-electron chi connectivity index (χ2n) is 4.87. The lowest BCUT2D eigenvalue weighted by molar-refractivity contribution is 0.0224. The zero-order valence-electron chi connectivity index (χ0n) is 10.8. The molecule has 1 aromatic carbocycles. The van der Waals surface area contributed by atoms with E-state index < -0.39 is 29.2 Å². The molecule has 2 rings (SSSR count). The van der Waals surface area contributed by atoms with Gasteiger partial charge in [0.1, 0.15) is 17.2 Å². The first-order valence-corrected chi connectivity index (χ1v) is 6.46. The standard InChI is InChI=1S/C14H17F2NO2/c1-2-9-8-17(7-6-12(9)18)14(19)13-10(15)4-3-5-11(13)16/h3-5,9,12,18H,2,6-8H2,1H3. The number of carbonyl (C=O) groups excluding carboxylic acids is 1. The van der Waals surface area contributed by atoms with Gasteiger partial charge in [-0.1, -0.05) is 13.0 Å². The highest BCUT2D eigenvalue weighted by molar-refractivity contribution is 5.94. The summed E-state index contributed by atoms with van der Waals surface area (Å²) < 4.78 is 27.1. The zero-order chi connectivity index (χ0) is 14.0. The van der Waals surface area contributed by atoms with E-state index in [9.17, 15) is 18.7 Å². The number of likely N-dealkylation sites (tertiary alicyclic amines) is 1. The molecule has 1 amide bonds. The quantitative estimate of drug-likeness (QED) is 0.894. The lowest BCUT2D eigenvalue weighted by Gasteiger charge is -2.35. The first-order chi connectivity index (χ1) is 9.04. The number of hydrogen-bond acceptors (Lipinski definition) is 2. The molecule has 0 spiro atoms. The van der Waals surface area contributed by atoms with E-state index in [-0.39, 0.29) is 5.92 Å². The molecule has 0 aliphatic carbocycles. The molecule has 1 aromatic rings. The molecular formula is C14H17F2NO2. The number of benzene rings is 1. The number of carbonyl (C=O) groups is 1. The Bertz CT molecular complexity index is 458. The molecule has 0 saturated carbocycles. The Hall–Kier alpha value is -1.49. The van der Waals surface area contributed by atoms with E-state index in [1.807, 2.05) is 6.92 Å². The second-order valence-corrected chi connectivity index (χ2v) is 4.87. The summed E-state index contributed by atoms with van der Waals surface area (Å²) in [4.78, 5) is 13.6. The van der Waals surface area contributed by atoms with Crippen molar-refractivity contribution in [2.24, 2.45) is 5.92 Å². The van der Waals surface area contributed by atoms with Crippen molar-refractivity contribution in [1.82, 2.24) is 4.90 Å². The summed E-state index contributed by atoms with van der Waals surface area (Å²) in [5.41, 5.74) is -0.506. The van der Waals surface area contributed by atoms with Crippen LogP contribution in [0.15, 0.2) is 18.2 Å². The summed E-state index contributed by atoms with van der Waals surface area (Å²) in [5.74, 6) is -2.36. The smallest absolute Gasteiger partial charge is 0.259 e. The average molecular weight is 269 g/mol. The first-order valence-electron chi connectivity index (χ1n) is 6.46. The minimum absolute atomic E-state index is 0.0347. The molecule has 104 valence electrons. The molecule has 1 heterocycles. The van der Waals surface area contributed by atoms with Gasteiger partial charge in [0.25, 0.3) is 5.91 Å². The van der Waals surface area contributed by atoms with Crippen LogP contribution in [0.25, 0.3) is 0 Å². The molecule has 1 N–H and O–H groups in total. The number of amides is 1. The van der Waals surface area contributed by atoms with E-state index in [1.54, 1.807) is 0 Å². The number of piperidine rings is 1. The highest BCUT2D eigenvalue weighted by Crippen LogP contribution is 2.23. The van der Waals surface area contributed by atoms with Crippen LogP contribution in [0.2, 0.25) is 0 Å². The van der Waals surface area contributed by atoms with Gasteiger partial charge in [-0.3, -0.25) is 4.79 Å². The maximum absolute atomic E-state index is 13.6. The van der Waals surface area contributed by atoms with Crippen LogP contribution in [-0.4, -0.2) is 35.1 Å². The average Bonchev–Trinajstić information content (AvgIpc) is 2.39. The minimum atomic E-state index is -0.843. The molecule has 1 aliphatic heterocycles. The summed E-state index contributed by atoms with van der Waals surface area (Å²) in [7, 11) is 0. The fraction of sp³-hybridized carbons (Fsp3) is 0.500. The van der Waals surface area contributed by atoms with Gasteiger partial charge in [0, 0.05) is 19.0 Å². The molecule has 2 unspecified atom stereocenters. The molecule has 5 heteroatoms. The predicted octanol–water partition coefficient (Wildman–Crippen LogP) is 2.20. The van der Waals surface area contributed by atoms with Crippen LogP contribution >= 0.6 is 0 Å². The SMILES string of the molecule is CCC1CN(C(=O)c2c(F)cccc2F)CCC1O. The van der Waals surface area contributed by atoms with Gasteiger partial charge in [-0.05, 0) is 25.0 Å². The largest absolute Gasteiger partial charge is 0.393 e. The molecule has 3 nitrogen and oxygen atoms in total. The number of aliphatic hydroxyl groups excluding tert-OH is 1. The van der Waals surface area contributed by atoms with Crippen molar-refractivity contribution < 1.29 is 18.7 Å². The van der Waals surface area contributed by atoms with Crippen molar-refractivity contribution in [3.8, 4) is 0 Å². The van der Waals surface area contributed by atoms with Gasteiger partial charge in [0.2, 0.25) is 0 Å². The minimum Gasteiger partial charge on any atom is -0.393 e. The summed E-state index contributed by atoms with van der Waals surface area (Å²) in [6.45, 7) is 2.58. The topological polar surface area (TPSA) is 40.5 Å². The van der Waals surface area contributed by atoms with Crippen LogP contribution in [0, 0.1) is 17.6 Å². The number of nitrogens with zero attached hydrogens (tertiary/aromatic N) is 1. The molecule has 0 bridgehead atoms. The second kappa shape index (κ2) is 5.65. The molecule has 0 aromatic heterocycles. The van der Waals surface area contributed by atoms with E-state index in [2.05, 4.69) is 0 Å². The summed E-state index contributed by atoms with van der Waals surface area (Å²) in [6.07, 6.45) is 0.727. The normalized spacial score (nSPS) is 23.5. The van der Waals surface area contributed by atoms with Gasteiger partial charge >= 0.3 is 0 Å². The highest BCUT2D eigenvalue weighted by atomic mass is 19.1. The van der Waals surface area contributed by atoms with E-state index >= 15 is 0 Å². The first kappa shape index (κ1) is 13.9. The Balaban J connectivity index is 2.20. The van der Waals surface area contributed by atoms with Gasteiger partial charge in [-0.15, -0.1) is 0 Å². The Morgan fingerprint density at radius 1 is 1.42 bits per heavy atom. The van der Waals surface area contributed by atoms with Gasteiger partial charge in [0.15, 0.2) is 0 Å². The fourth-order valence-corrected chi connectivity index (χ4v) is 2.47. The van der Waals surface area contributed by atoms with Crippen LogP contribution in [0.3, 0.4) is 0 Å². The maximum Gasteiger partial charge on any atom is 0.259 e. The van der Waals surface area contributed by atoms with Crippen molar-refractivity contribution >= 4 is 5.91 Å². The third kappa shape index (κ3) is 2.76. The Labute approximate surface area is 110 Å². The third-order valence-electron chi connectivity index (χ3n) is 3.68. The monoisotopic (exact) mass is 269 g/mol. The van der Waals surface area contributed by atoms with Crippen molar-refractivity contribution in [2.45, 2.75) is 25.9 Å². The van der Waals surface area contributed by atoms with E-state index in [4.69, 9.17) is 0 Å². The van der Waals surface area contributed by atoms with E-state index in [0.29, 0.717) is 19.5 Å². The molecule has 1 aliphatic rings. The lowest BCUT2D eigenvalue weighted by atomic mass is 9.92. The number of hydrogen-bond donors (Lipinski definition) is 1. The number of halogens is 2. The number of aliphatic hydroxyl groups is 1. The highest BCUT2D eigenvalue weighted by Gasteiger charge is 2.31. The molecular weight excluding hydrogens is 252 g/mol. The van der Waals surface area contributed by atoms with Crippen LogP contribution in [0.4, 0.5) is 8.78 Å². The fourth-order valence-electron chi connectivity index (χ4n) is 2.47. The molecule has 1 saturated heterocycles. The van der Waals surface area contributed by atoms with Crippen LogP contribution in [0.1, 0.15) is 30.1 Å². The third-order valence-corrected chi connectivity index (χ3v) is 3.68. The maximum atomic E-state index is 13.6.